The number of hydrogen-bond acceptors (Lipinski definition) is 7. The van der Waals surface area contributed by atoms with E-state index >= 15 is 0 Å². The Morgan fingerprint density at radius 2 is 2.11 bits per heavy atom. The molecular formula is C11H13N5O2. The summed E-state index contributed by atoms with van der Waals surface area (Å²) in [6.07, 6.45) is 3.63. The predicted octanol–water partition coefficient (Wildman–Crippen LogP) is 0.230. The number of β-amino-alcohol motifs (C(OH)–C–C–N with tert-alkyl or cyclic N) is 1. The second-order valence-corrected chi connectivity index (χ2v) is 4.39. The number of aliphatic hydroxyl groups excluding tert-OH is 1. The van der Waals surface area contributed by atoms with Crippen LogP contribution in [-0.2, 0) is 0 Å². The Morgan fingerprint density at radius 1 is 1.33 bits per heavy atom. The molecule has 1 aliphatic rings. The van der Waals surface area contributed by atoms with Gasteiger partial charge in [0.25, 0.3) is 0 Å². The largest absolute Gasteiger partial charge is 0.392 e. The van der Waals surface area contributed by atoms with Gasteiger partial charge in [0.1, 0.15) is 0 Å². The number of aliphatic hydroxyl groups is 1. The molecule has 3 heterocycles. The van der Waals surface area contributed by atoms with Crippen LogP contribution in [0.25, 0.3) is 11.6 Å². The van der Waals surface area contributed by atoms with Gasteiger partial charge in [-0.1, -0.05) is 5.16 Å². The SMILES string of the molecule is Cc1cnc(-c2noc([C@H]3C[C@H](O)CN3)n2)nc1. The lowest BCUT2D eigenvalue weighted by atomic mass is 10.2. The highest BCUT2D eigenvalue weighted by atomic mass is 16.5. The van der Waals surface area contributed by atoms with Crippen LogP contribution in [0.2, 0.25) is 0 Å². The molecule has 1 aliphatic heterocycles. The van der Waals surface area contributed by atoms with E-state index in [2.05, 4.69) is 25.4 Å². The minimum atomic E-state index is -0.360. The van der Waals surface area contributed by atoms with Gasteiger partial charge >= 0.3 is 0 Å². The number of hydrogen-bond donors (Lipinski definition) is 2. The molecule has 0 amide bonds. The lowest BCUT2D eigenvalue weighted by Gasteiger charge is -2.01. The van der Waals surface area contributed by atoms with Crippen LogP contribution in [0.3, 0.4) is 0 Å². The molecule has 94 valence electrons. The summed E-state index contributed by atoms with van der Waals surface area (Å²) in [5.41, 5.74) is 0.975. The normalized spacial score (nSPS) is 23.4. The lowest BCUT2D eigenvalue weighted by Crippen LogP contribution is -2.15. The summed E-state index contributed by atoms with van der Waals surface area (Å²) in [5, 5.41) is 16.4. The number of aryl methyl sites for hydroxylation is 1. The van der Waals surface area contributed by atoms with Gasteiger partial charge < -0.3 is 14.9 Å². The van der Waals surface area contributed by atoms with Gasteiger partial charge in [0.2, 0.25) is 17.5 Å². The van der Waals surface area contributed by atoms with Crippen LogP contribution in [0.15, 0.2) is 16.9 Å². The predicted molar refractivity (Wildman–Crippen MR) is 61.4 cm³/mol. The van der Waals surface area contributed by atoms with E-state index in [-0.39, 0.29) is 12.1 Å². The Bertz CT molecular complexity index is 539. The summed E-state index contributed by atoms with van der Waals surface area (Å²) in [6.45, 7) is 2.46. The molecule has 1 saturated heterocycles. The quantitative estimate of drug-likeness (QED) is 0.784. The van der Waals surface area contributed by atoms with Crippen molar-refractivity contribution in [3.8, 4) is 11.6 Å². The molecule has 2 N–H and O–H groups in total. The van der Waals surface area contributed by atoms with E-state index < -0.39 is 0 Å². The van der Waals surface area contributed by atoms with E-state index in [0.717, 1.165) is 5.56 Å². The Balaban J connectivity index is 1.83. The Hall–Kier alpha value is -1.86. The van der Waals surface area contributed by atoms with Crippen LogP contribution in [0.4, 0.5) is 0 Å². The molecule has 2 aromatic rings. The van der Waals surface area contributed by atoms with Gasteiger partial charge in [-0.2, -0.15) is 4.98 Å². The zero-order valence-corrected chi connectivity index (χ0v) is 9.87. The van der Waals surface area contributed by atoms with Crippen molar-refractivity contribution in [2.24, 2.45) is 0 Å². The van der Waals surface area contributed by atoms with Gasteiger partial charge in [0, 0.05) is 18.9 Å². The standard InChI is InChI=1S/C11H13N5O2/c1-6-3-13-9(14-4-6)10-15-11(18-16-10)8-2-7(17)5-12-8/h3-4,7-8,12,17H,2,5H2,1H3/t7-,8+/m0/s1. The highest BCUT2D eigenvalue weighted by Crippen LogP contribution is 2.23. The summed E-state index contributed by atoms with van der Waals surface area (Å²) in [6, 6.07) is -0.0910. The number of aromatic nitrogens is 4. The smallest absolute Gasteiger partial charge is 0.244 e. The van der Waals surface area contributed by atoms with Gasteiger partial charge in [0.05, 0.1) is 12.1 Å². The fraction of sp³-hybridized carbons (Fsp3) is 0.455. The molecule has 1 fully saturated rings. The van der Waals surface area contributed by atoms with Gasteiger partial charge in [-0.05, 0) is 18.9 Å². The third-order valence-electron chi connectivity index (χ3n) is 2.83. The number of nitrogens with zero attached hydrogens (tertiary/aromatic N) is 4. The fourth-order valence-corrected chi connectivity index (χ4v) is 1.88. The highest BCUT2D eigenvalue weighted by Gasteiger charge is 2.28. The first-order valence-electron chi connectivity index (χ1n) is 5.76. The fourth-order valence-electron chi connectivity index (χ4n) is 1.88. The van der Waals surface area contributed by atoms with E-state index in [0.29, 0.717) is 30.5 Å². The van der Waals surface area contributed by atoms with E-state index in [1.54, 1.807) is 12.4 Å². The van der Waals surface area contributed by atoms with Gasteiger partial charge in [-0.3, -0.25) is 0 Å². The monoisotopic (exact) mass is 247 g/mol. The van der Waals surface area contributed by atoms with Crippen LogP contribution in [0.1, 0.15) is 23.9 Å². The summed E-state index contributed by atoms with van der Waals surface area (Å²) in [5.74, 6) is 1.27. The van der Waals surface area contributed by atoms with Crippen molar-refractivity contribution >= 4 is 0 Å². The Kier molecular flexibility index (Phi) is 2.77. The van der Waals surface area contributed by atoms with Crippen molar-refractivity contribution in [2.45, 2.75) is 25.5 Å². The average Bonchev–Trinajstić information content (AvgIpc) is 2.98. The summed E-state index contributed by atoms with van der Waals surface area (Å²) < 4.78 is 5.17. The van der Waals surface area contributed by atoms with E-state index in [9.17, 15) is 5.11 Å². The topological polar surface area (TPSA) is 97.0 Å². The lowest BCUT2D eigenvalue weighted by molar-refractivity contribution is 0.191. The summed E-state index contributed by atoms with van der Waals surface area (Å²) >= 11 is 0. The second kappa shape index (κ2) is 4.43. The zero-order valence-electron chi connectivity index (χ0n) is 9.87. The Labute approximate surface area is 103 Å². The molecule has 0 spiro atoms. The molecule has 0 saturated carbocycles. The first-order valence-corrected chi connectivity index (χ1v) is 5.76. The molecule has 7 nitrogen and oxygen atoms in total. The Morgan fingerprint density at radius 3 is 2.78 bits per heavy atom. The van der Waals surface area contributed by atoms with Crippen LogP contribution < -0.4 is 5.32 Å². The molecule has 3 rings (SSSR count). The molecule has 2 atom stereocenters. The van der Waals surface area contributed by atoms with Crippen LogP contribution in [0, 0.1) is 6.92 Å². The third-order valence-corrected chi connectivity index (χ3v) is 2.83. The number of rotatable bonds is 2. The van der Waals surface area contributed by atoms with Crippen molar-refractivity contribution < 1.29 is 9.63 Å². The maximum atomic E-state index is 9.44. The zero-order chi connectivity index (χ0) is 12.5. The van der Waals surface area contributed by atoms with Gasteiger partial charge in [0.15, 0.2) is 0 Å². The number of nitrogens with one attached hydrogen (secondary N) is 1. The highest BCUT2D eigenvalue weighted by molar-refractivity contribution is 5.41. The van der Waals surface area contributed by atoms with E-state index in [1.807, 2.05) is 6.92 Å². The minimum absolute atomic E-state index is 0.0910. The van der Waals surface area contributed by atoms with Gasteiger partial charge in [-0.15, -0.1) is 0 Å². The molecule has 0 bridgehead atoms. The van der Waals surface area contributed by atoms with Crippen molar-refractivity contribution in [3.05, 3.63) is 23.8 Å². The van der Waals surface area contributed by atoms with E-state index in [4.69, 9.17) is 4.52 Å². The van der Waals surface area contributed by atoms with Crippen molar-refractivity contribution in [2.75, 3.05) is 6.54 Å². The van der Waals surface area contributed by atoms with Crippen LogP contribution in [0.5, 0.6) is 0 Å². The molecule has 2 aromatic heterocycles. The molecule has 0 unspecified atom stereocenters. The first kappa shape index (κ1) is 11.2. The molecular weight excluding hydrogens is 234 g/mol. The summed E-state index contributed by atoms with van der Waals surface area (Å²) in [4.78, 5) is 12.5. The maximum Gasteiger partial charge on any atom is 0.244 e. The van der Waals surface area contributed by atoms with Crippen molar-refractivity contribution in [1.82, 2.24) is 25.4 Å². The van der Waals surface area contributed by atoms with Gasteiger partial charge in [-0.25, -0.2) is 9.97 Å². The van der Waals surface area contributed by atoms with Crippen molar-refractivity contribution in [3.63, 3.8) is 0 Å². The minimum Gasteiger partial charge on any atom is -0.392 e. The molecule has 0 aliphatic carbocycles. The summed E-state index contributed by atoms with van der Waals surface area (Å²) in [7, 11) is 0. The van der Waals surface area contributed by atoms with Crippen LogP contribution >= 0.6 is 0 Å². The second-order valence-electron chi connectivity index (χ2n) is 4.39. The first-order chi connectivity index (χ1) is 8.72. The molecule has 0 radical (unpaired) electrons. The van der Waals surface area contributed by atoms with Crippen LogP contribution in [-0.4, -0.2) is 37.9 Å². The molecule has 0 aromatic carbocycles. The molecule has 18 heavy (non-hydrogen) atoms. The van der Waals surface area contributed by atoms with Crippen molar-refractivity contribution in [1.29, 1.82) is 0 Å². The average molecular weight is 247 g/mol. The molecule has 7 heteroatoms. The van der Waals surface area contributed by atoms with E-state index in [1.165, 1.54) is 0 Å². The third kappa shape index (κ3) is 2.09. The maximum absolute atomic E-state index is 9.44.